The van der Waals surface area contributed by atoms with E-state index in [-0.39, 0.29) is 6.71 Å². The molecule has 0 heterocycles. The Morgan fingerprint density at radius 1 is 0.328 bits per heavy atom. The van der Waals surface area contributed by atoms with E-state index < -0.39 is 0 Å². The molecule has 11 rings (SSSR count). The number of rotatable bonds is 7. The molecular formula is C59H44BN. The smallest absolute Gasteiger partial charge is 0.245 e. The fourth-order valence-corrected chi connectivity index (χ4v) is 10.4. The number of fused-ring (bicyclic) bond motifs is 5. The third-order valence-corrected chi connectivity index (χ3v) is 12.8. The van der Waals surface area contributed by atoms with Gasteiger partial charge >= 0.3 is 0 Å². The van der Waals surface area contributed by atoms with Crippen LogP contribution < -0.4 is 21.3 Å². The van der Waals surface area contributed by atoms with Crippen LogP contribution in [-0.2, 0) is 0 Å². The lowest BCUT2D eigenvalue weighted by Gasteiger charge is -2.28. The molecule has 0 saturated heterocycles. The van der Waals surface area contributed by atoms with Gasteiger partial charge in [0.05, 0.1) is 5.69 Å². The summed E-state index contributed by atoms with van der Waals surface area (Å²) < 4.78 is 0. The van der Waals surface area contributed by atoms with Crippen molar-refractivity contribution in [3.63, 3.8) is 0 Å². The summed E-state index contributed by atoms with van der Waals surface area (Å²) in [5, 5.41) is 12.7. The van der Waals surface area contributed by atoms with Crippen LogP contribution in [0.3, 0.4) is 0 Å². The molecule has 0 aliphatic heterocycles. The molecule has 0 atom stereocenters. The number of benzene rings is 11. The van der Waals surface area contributed by atoms with E-state index >= 15 is 0 Å². The first kappa shape index (κ1) is 36.6. The van der Waals surface area contributed by atoms with Crippen LogP contribution in [0.2, 0.25) is 0 Å². The average molecular weight is 778 g/mol. The zero-order chi connectivity index (χ0) is 41.0. The van der Waals surface area contributed by atoms with Crippen molar-refractivity contribution in [3.05, 3.63) is 229 Å². The van der Waals surface area contributed by atoms with E-state index in [4.69, 9.17) is 0 Å². The molecule has 0 aliphatic carbocycles. The predicted molar refractivity (Wildman–Crippen MR) is 266 cm³/mol. The normalized spacial score (nSPS) is 11.5. The van der Waals surface area contributed by atoms with Gasteiger partial charge in [-0.2, -0.15) is 0 Å². The first-order valence-corrected chi connectivity index (χ1v) is 21.4. The van der Waals surface area contributed by atoms with Crippen LogP contribution in [0.1, 0.15) is 16.7 Å². The van der Waals surface area contributed by atoms with Gasteiger partial charge in [0.2, 0.25) is 6.71 Å². The van der Waals surface area contributed by atoms with E-state index in [0.717, 1.165) is 17.1 Å². The van der Waals surface area contributed by atoms with E-state index in [0.29, 0.717) is 0 Å². The van der Waals surface area contributed by atoms with Gasteiger partial charge in [0.15, 0.2) is 0 Å². The minimum Gasteiger partial charge on any atom is -0.310 e. The van der Waals surface area contributed by atoms with Crippen LogP contribution in [0.5, 0.6) is 0 Å². The molecule has 0 radical (unpaired) electrons. The molecule has 11 aromatic rings. The molecular weight excluding hydrogens is 733 g/mol. The summed E-state index contributed by atoms with van der Waals surface area (Å²) in [6.07, 6.45) is 0. The van der Waals surface area contributed by atoms with Gasteiger partial charge in [0.25, 0.3) is 0 Å². The van der Waals surface area contributed by atoms with E-state index in [1.165, 1.54) is 98.1 Å². The highest BCUT2D eigenvalue weighted by molar-refractivity contribution is 7.01. The molecule has 0 saturated carbocycles. The molecule has 11 aromatic carbocycles. The van der Waals surface area contributed by atoms with Crippen molar-refractivity contribution < 1.29 is 0 Å². The standard InChI is InChI=1S/C59H44BN/c1-39-36-40(2)57(41(3)37-39)60(58-49-25-11-8-19-44(49)38-45-20-9-12-26-50(45)58)59-53-29-15-13-27-51(53)56(52-28-14-16-30-54(52)59)43-32-34-47(35-33-43)61(46-22-5-4-6-23-46)55-31-17-21-42-18-7-10-24-48(42)55/h4-38H,1-3H3. The number of aryl methyl sites for hydroxylation is 3. The summed E-state index contributed by atoms with van der Waals surface area (Å²) in [6, 6.07) is 78.6. The second-order valence-corrected chi connectivity index (χ2v) is 16.6. The summed E-state index contributed by atoms with van der Waals surface area (Å²) in [4.78, 5) is 2.39. The Morgan fingerprint density at radius 3 is 1.36 bits per heavy atom. The average Bonchev–Trinajstić information content (AvgIpc) is 3.30. The highest BCUT2D eigenvalue weighted by Crippen LogP contribution is 2.41. The van der Waals surface area contributed by atoms with Crippen molar-refractivity contribution in [2.45, 2.75) is 20.8 Å². The van der Waals surface area contributed by atoms with Gasteiger partial charge in [0.1, 0.15) is 0 Å². The van der Waals surface area contributed by atoms with Gasteiger partial charge in [-0.25, -0.2) is 0 Å². The molecule has 0 bridgehead atoms. The summed E-state index contributed by atoms with van der Waals surface area (Å²) >= 11 is 0. The predicted octanol–water partition coefficient (Wildman–Crippen LogP) is 14.0. The van der Waals surface area contributed by atoms with E-state index in [2.05, 4.69) is 238 Å². The van der Waals surface area contributed by atoms with Crippen molar-refractivity contribution in [2.24, 2.45) is 0 Å². The minimum atomic E-state index is -0.0389. The maximum atomic E-state index is 2.39. The van der Waals surface area contributed by atoms with Gasteiger partial charge in [0, 0.05) is 16.8 Å². The Morgan fingerprint density at radius 2 is 0.770 bits per heavy atom. The van der Waals surface area contributed by atoms with Gasteiger partial charge < -0.3 is 4.90 Å². The van der Waals surface area contributed by atoms with Crippen LogP contribution >= 0.6 is 0 Å². The first-order valence-electron chi connectivity index (χ1n) is 21.4. The quantitative estimate of drug-likeness (QED) is 0.115. The molecule has 0 N–H and O–H groups in total. The van der Waals surface area contributed by atoms with Crippen molar-refractivity contribution in [3.8, 4) is 11.1 Å². The molecule has 0 aromatic heterocycles. The zero-order valence-electron chi connectivity index (χ0n) is 34.7. The van der Waals surface area contributed by atoms with Crippen LogP contribution in [0.4, 0.5) is 17.1 Å². The second-order valence-electron chi connectivity index (χ2n) is 16.6. The largest absolute Gasteiger partial charge is 0.310 e. The number of para-hydroxylation sites is 1. The van der Waals surface area contributed by atoms with Crippen LogP contribution in [0.25, 0.3) is 65.0 Å². The fourth-order valence-electron chi connectivity index (χ4n) is 10.4. The van der Waals surface area contributed by atoms with Gasteiger partial charge in [-0.15, -0.1) is 0 Å². The molecule has 0 amide bonds. The Labute approximate surface area is 358 Å². The Kier molecular flexibility index (Phi) is 9.01. The van der Waals surface area contributed by atoms with E-state index in [1.807, 2.05) is 0 Å². The SMILES string of the molecule is Cc1cc(C)c(B(c2c3ccccc3cc3ccccc23)c2c3ccccc3c(-c3ccc(N(c4ccccc4)c4cccc5ccccc45)cc3)c3ccccc23)c(C)c1. The molecule has 0 unspecified atom stereocenters. The van der Waals surface area contributed by atoms with Gasteiger partial charge in [-0.1, -0.05) is 209 Å². The summed E-state index contributed by atoms with van der Waals surface area (Å²) in [7, 11) is 0. The third-order valence-electron chi connectivity index (χ3n) is 12.8. The summed E-state index contributed by atoms with van der Waals surface area (Å²) in [5.74, 6) is 0. The number of hydrogen-bond acceptors (Lipinski definition) is 1. The number of anilines is 3. The highest BCUT2D eigenvalue weighted by atomic mass is 15.1. The molecule has 0 aliphatic rings. The Hall–Kier alpha value is -7.42. The van der Waals surface area contributed by atoms with E-state index in [9.17, 15) is 0 Å². The first-order chi connectivity index (χ1) is 30.0. The van der Waals surface area contributed by atoms with E-state index in [1.54, 1.807) is 0 Å². The van der Waals surface area contributed by atoms with Crippen LogP contribution in [0.15, 0.2) is 212 Å². The summed E-state index contributed by atoms with van der Waals surface area (Å²) in [6.45, 7) is 6.81. The lowest BCUT2D eigenvalue weighted by atomic mass is 9.33. The molecule has 61 heavy (non-hydrogen) atoms. The molecule has 2 heteroatoms. The molecule has 1 nitrogen and oxygen atoms in total. The third kappa shape index (κ3) is 6.18. The van der Waals surface area contributed by atoms with Crippen molar-refractivity contribution in [2.75, 3.05) is 4.90 Å². The highest BCUT2D eigenvalue weighted by Gasteiger charge is 2.33. The van der Waals surface area contributed by atoms with Gasteiger partial charge in [-0.05, 0) is 117 Å². The molecule has 288 valence electrons. The number of nitrogens with zero attached hydrogens (tertiary/aromatic N) is 1. The Balaban J connectivity index is 1.18. The zero-order valence-corrected chi connectivity index (χ0v) is 34.7. The maximum absolute atomic E-state index is 2.39. The molecule has 0 fully saturated rings. The Bertz CT molecular complexity index is 3320. The van der Waals surface area contributed by atoms with Crippen LogP contribution in [-0.4, -0.2) is 6.71 Å². The molecule has 0 spiro atoms. The van der Waals surface area contributed by atoms with Gasteiger partial charge in [-0.3, -0.25) is 0 Å². The fraction of sp³-hybridized carbons (Fsp3) is 0.0508. The maximum Gasteiger partial charge on any atom is 0.245 e. The number of hydrogen-bond donors (Lipinski definition) is 0. The minimum absolute atomic E-state index is 0.0389. The lowest BCUT2D eigenvalue weighted by Crippen LogP contribution is -2.55. The second kappa shape index (κ2) is 15.0. The van der Waals surface area contributed by atoms with Crippen LogP contribution in [0, 0.1) is 20.8 Å². The topological polar surface area (TPSA) is 3.24 Å². The monoisotopic (exact) mass is 777 g/mol. The lowest BCUT2D eigenvalue weighted by molar-refractivity contribution is 1.30. The van der Waals surface area contributed by atoms with Crippen molar-refractivity contribution in [1.82, 2.24) is 0 Å². The van der Waals surface area contributed by atoms with Crippen molar-refractivity contribution in [1.29, 1.82) is 0 Å². The van der Waals surface area contributed by atoms with Crippen molar-refractivity contribution >= 4 is 94.0 Å². The summed E-state index contributed by atoms with van der Waals surface area (Å²) in [5.41, 5.74) is 13.9.